The highest BCUT2D eigenvalue weighted by Crippen LogP contribution is 2.00. The van der Waals surface area contributed by atoms with Crippen molar-refractivity contribution in [3.8, 4) is 0 Å². The zero-order valence-corrected chi connectivity index (χ0v) is 10.1. The van der Waals surface area contributed by atoms with Gasteiger partial charge >= 0.3 is 5.97 Å². The number of carbonyl (C=O) groups is 1. The fraction of sp³-hybridized carbons (Fsp3) is 0.500. The van der Waals surface area contributed by atoms with E-state index in [0.29, 0.717) is 12.5 Å². The molecule has 1 aromatic rings. The van der Waals surface area contributed by atoms with Crippen LogP contribution in [0.4, 0.5) is 0 Å². The van der Waals surface area contributed by atoms with E-state index < -0.39 is 5.97 Å². The van der Waals surface area contributed by atoms with E-state index in [0.717, 1.165) is 18.8 Å². The summed E-state index contributed by atoms with van der Waals surface area (Å²) in [4.78, 5) is 14.7. The Hall–Kier alpha value is -1.46. The third-order valence-electron chi connectivity index (χ3n) is 2.32. The second kappa shape index (κ2) is 6.98. The minimum Gasteiger partial charge on any atom is -0.478 e. The fourth-order valence-corrected chi connectivity index (χ4v) is 1.45. The first-order chi connectivity index (χ1) is 8.13. The van der Waals surface area contributed by atoms with Gasteiger partial charge in [0.2, 0.25) is 0 Å². The number of pyridine rings is 1. The summed E-state index contributed by atoms with van der Waals surface area (Å²) in [7, 11) is 1.68. The van der Waals surface area contributed by atoms with E-state index in [1.165, 1.54) is 6.20 Å². The van der Waals surface area contributed by atoms with Gasteiger partial charge in [-0.1, -0.05) is 6.92 Å². The van der Waals surface area contributed by atoms with E-state index in [1.807, 2.05) is 0 Å². The molecule has 0 aliphatic carbocycles. The van der Waals surface area contributed by atoms with Gasteiger partial charge in [0.25, 0.3) is 0 Å². The minimum atomic E-state index is -0.953. The average molecular weight is 238 g/mol. The normalized spacial score (nSPS) is 12.4. The SMILES string of the molecule is COCC(C)CNCc1ccc(C(=O)O)cn1. The van der Waals surface area contributed by atoms with Gasteiger partial charge in [0, 0.05) is 33.0 Å². The average Bonchev–Trinajstić information content (AvgIpc) is 2.30. The second-order valence-electron chi connectivity index (χ2n) is 4.03. The van der Waals surface area contributed by atoms with Crippen LogP contribution in [0.1, 0.15) is 23.0 Å². The van der Waals surface area contributed by atoms with Gasteiger partial charge in [-0.15, -0.1) is 0 Å². The lowest BCUT2D eigenvalue weighted by Crippen LogP contribution is -2.23. The Labute approximate surface area is 101 Å². The van der Waals surface area contributed by atoms with Crippen molar-refractivity contribution in [2.75, 3.05) is 20.3 Å². The molecule has 0 saturated carbocycles. The lowest BCUT2D eigenvalue weighted by atomic mass is 10.2. The van der Waals surface area contributed by atoms with Crippen LogP contribution in [0.3, 0.4) is 0 Å². The first kappa shape index (κ1) is 13.6. The summed E-state index contributed by atoms with van der Waals surface area (Å²) in [5.74, 6) is -0.510. The van der Waals surface area contributed by atoms with Gasteiger partial charge in [0.05, 0.1) is 11.3 Å². The fourth-order valence-electron chi connectivity index (χ4n) is 1.45. The van der Waals surface area contributed by atoms with Gasteiger partial charge in [-0.2, -0.15) is 0 Å². The molecular weight excluding hydrogens is 220 g/mol. The molecule has 1 atom stereocenters. The van der Waals surface area contributed by atoms with E-state index >= 15 is 0 Å². The lowest BCUT2D eigenvalue weighted by Gasteiger charge is -2.11. The number of nitrogens with zero attached hydrogens (tertiary/aromatic N) is 1. The zero-order valence-electron chi connectivity index (χ0n) is 10.1. The molecule has 1 rings (SSSR count). The van der Waals surface area contributed by atoms with Crippen LogP contribution >= 0.6 is 0 Å². The standard InChI is InChI=1S/C12H18N2O3/c1-9(8-17-2)5-13-7-11-4-3-10(6-14-11)12(15)16/h3-4,6,9,13H,5,7-8H2,1-2H3,(H,15,16). The van der Waals surface area contributed by atoms with Crippen molar-refractivity contribution in [2.24, 2.45) is 5.92 Å². The molecule has 2 N–H and O–H groups in total. The van der Waals surface area contributed by atoms with Crippen LogP contribution in [0.15, 0.2) is 18.3 Å². The zero-order chi connectivity index (χ0) is 12.7. The molecule has 0 saturated heterocycles. The van der Waals surface area contributed by atoms with Crippen LogP contribution in [-0.2, 0) is 11.3 Å². The number of hydrogen-bond donors (Lipinski definition) is 2. The quantitative estimate of drug-likeness (QED) is 0.745. The van der Waals surface area contributed by atoms with Crippen LogP contribution in [-0.4, -0.2) is 36.3 Å². The molecule has 0 aliphatic rings. The maximum absolute atomic E-state index is 10.6. The molecule has 1 aromatic heterocycles. The molecule has 5 nitrogen and oxygen atoms in total. The molecule has 17 heavy (non-hydrogen) atoms. The van der Waals surface area contributed by atoms with E-state index in [2.05, 4.69) is 17.2 Å². The number of carboxylic acids is 1. The molecule has 0 fully saturated rings. The van der Waals surface area contributed by atoms with E-state index in [4.69, 9.17) is 9.84 Å². The molecular formula is C12H18N2O3. The van der Waals surface area contributed by atoms with Gasteiger partial charge in [-0.05, 0) is 18.1 Å². The van der Waals surface area contributed by atoms with Gasteiger partial charge < -0.3 is 15.2 Å². The summed E-state index contributed by atoms with van der Waals surface area (Å²) in [5.41, 5.74) is 1.04. The molecule has 0 aromatic carbocycles. The molecule has 94 valence electrons. The highest BCUT2D eigenvalue weighted by molar-refractivity contribution is 5.87. The first-order valence-electron chi connectivity index (χ1n) is 5.51. The van der Waals surface area contributed by atoms with Gasteiger partial charge in [-0.25, -0.2) is 4.79 Å². The van der Waals surface area contributed by atoms with Gasteiger partial charge in [0.15, 0.2) is 0 Å². The van der Waals surface area contributed by atoms with Crippen LogP contribution in [0.25, 0.3) is 0 Å². The maximum atomic E-state index is 10.6. The molecule has 1 unspecified atom stereocenters. The monoisotopic (exact) mass is 238 g/mol. The Kier molecular flexibility index (Phi) is 5.59. The largest absolute Gasteiger partial charge is 0.478 e. The lowest BCUT2D eigenvalue weighted by molar-refractivity contribution is 0.0696. The van der Waals surface area contributed by atoms with Crippen molar-refractivity contribution in [2.45, 2.75) is 13.5 Å². The Morgan fingerprint density at radius 2 is 2.35 bits per heavy atom. The number of rotatable bonds is 7. The maximum Gasteiger partial charge on any atom is 0.337 e. The summed E-state index contributed by atoms with van der Waals surface area (Å²) in [6, 6.07) is 3.28. The summed E-state index contributed by atoms with van der Waals surface area (Å²) in [6.07, 6.45) is 1.37. The van der Waals surface area contributed by atoms with Crippen molar-refractivity contribution < 1.29 is 14.6 Å². The molecule has 1 heterocycles. The predicted molar refractivity (Wildman–Crippen MR) is 63.9 cm³/mol. The summed E-state index contributed by atoms with van der Waals surface area (Å²) < 4.78 is 5.03. The Morgan fingerprint density at radius 1 is 1.59 bits per heavy atom. The molecule has 0 amide bonds. The van der Waals surface area contributed by atoms with Crippen molar-refractivity contribution in [1.29, 1.82) is 0 Å². The molecule has 0 aliphatic heterocycles. The number of ether oxygens (including phenoxy) is 1. The van der Waals surface area contributed by atoms with Gasteiger partial charge in [0.1, 0.15) is 0 Å². The highest BCUT2D eigenvalue weighted by atomic mass is 16.5. The molecule has 5 heteroatoms. The number of nitrogens with one attached hydrogen (secondary N) is 1. The van der Waals surface area contributed by atoms with Crippen molar-refractivity contribution in [3.05, 3.63) is 29.6 Å². The third-order valence-corrected chi connectivity index (χ3v) is 2.32. The predicted octanol–water partition coefficient (Wildman–Crippen LogP) is 1.15. The number of aromatic carboxylic acids is 1. The van der Waals surface area contributed by atoms with E-state index in [1.54, 1.807) is 19.2 Å². The highest BCUT2D eigenvalue weighted by Gasteiger charge is 2.04. The smallest absolute Gasteiger partial charge is 0.337 e. The van der Waals surface area contributed by atoms with E-state index in [-0.39, 0.29) is 5.56 Å². The summed E-state index contributed by atoms with van der Waals surface area (Å²) in [5, 5.41) is 12.0. The Morgan fingerprint density at radius 3 is 2.88 bits per heavy atom. The van der Waals surface area contributed by atoms with Crippen molar-refractivity contribution >= 4 is 5.97 Å². The number of methoxy groups -OCH3 is 1. The number of carboxylic acid groups (broad SMARTS) is 1. The van der Waals surface area contributed by atoms with Crippen molar-refractivity contribution in [1.82, 2.24) is 10.3 Å². The van der Waals surface area contributed by atoms with Crippen LogP contribution in [0, 0.1) is 5.92 Å². The number of aromatic nitrogens is 1. The Balaban J connectivity index is 2.34. The topological polar surface area (TPSA) is 71.5 Å². The first-order valence-corrected chi connectivity index (χ1v) is 5.51. The van der Waals surface area contributed by atoms with E-state index in [9.17, 15) is 4.79 Å². The van der Waals surface area contributed by atoms with Crippen LogP contribution in [0.2, 0.25) is 0 Å². The molecule has 0 spiro atoms. The number of hydrogen-bond acceptors (Lipinski definition) is 4. The summed E-state index contributed by atoms with van der Waals surface area (Å²) >= 11 is 0. The summed E-state index contributed by atoms with van der Waals surface area (Å²) in [6.45, 7) is 4.29. The van der Waals surface area contributed by atoms with Gasteiger partial charge in [-0.3, -0.25) is 4.98 Å². The van der Waals surface area contributed by atoms with Crippen molar-refractivity contribution in [3.63, 3.8) is 0 Å². The third kappa shape index (κ3) is 4.93. The van der Waals surface area contributed by atoms with Crippen LogP contribution < -0.4 is 5.32 Å². The van der Waals surface area contributed by atoms with Crippen LogP contribution in [0.5, 0.6) is 0 Å². The molecule has 0 bridgehead atoms. The minimum absolute atomic E-state index is 0.210. The second-order valence-corrected chi connectivity index (χ2v) is 4.03. The Bertz CT molecular complexity index is 351. The molecule has 0 radical (unpaired) electrons.